The molecule has 0 spiro atoms. The molecule has 0 aromatic heterocycles. The molecule has 0 radical (unpaired) electrons. The second kappa shape index (κ2) is 7.57. The summed E-state index contributed by atoms with van der Waals surface area (Å²) in [6.07, 6.45) is 0.526. The lowest BCUT2D eigenvalue weighted by atomic mass is 9.96. The summed E-state index contributed by atoms with van der Waals surface area (Å²) in [5.41, 5.74) is 3.22. The zero-order valence-corrected chi connectivity index (χ0v) is 13.9. The van der Waals surface area contributed by atoms with Crippen molar-refractivity contribution in [1.29, 1.82) is 0 Å². The van der Waals surface area contributed by atoms with Crippen LogP contribution < -0.4 is 10.4 Å². The van der Waals surface area contributed by atoms with Gasteiger partial charge in [0.2, 0.25) is 0 Å². The molecule has 24 heavy (non-hydrogen) atoms. The molecule has 1 N–H and O–H groups in total. The van der Waals surface area contributed by atoms with Gasteiger partial charge >= 0.3 is 0 Å². The molecule has 0 aliphatic carbocycles. The zero-order valence-electron chi connectivity index (χ0n) is 13.1. The molecular weight excluding hydrogens is 330 g/mol. The first-order valence-corrected chi connectivity index (χ1v) is 8.72. The van der Waals surface area contributed by atoms with E-state index in [0.717, 1.165) is 11.1 Å². The normalized spacial score (nSPS) is 16.5. The van der Waals surface area contributed by atoms with Gasteiger partial charge in [0, 0.05) is 6.54 Å². The van der Waals surface area contributed by atoms with E-state index in [-0.39, 0.29) is 4.90 Å². The number of nitrogens with one attached hydrogen (secondary N) is 1. The highest BCUT2D eigenvalue weighted by Crippen LogP contribution is 2.15. The van der Waals surface area contributed by atoms with Crippen molar-refractivity contribution in [3.05, 3.63) is 65.2 Å². The van der Waals surface area contributed by atoms with Crippen molar-refractivity contribution in [3.63, 3.8) is 0 Å². The lowest BCUT2D eigenvalue weighted by Gasteiger charge is -2.26. The minimum Gasteiger partial charge on any atom is -0.744 e. The first-order chi connectivity index (χ1) is 11.3. The van der Waals surface area contributed by atoms with E-state index in [2.05, 4.69) is 5.32 Å². The number of hydrogen-bond acceptors (Lipinski definition) is 6. The average molecular weight is 347 g/mol. The van der Waals surface area contributed by atoms with Crippen LogP contribution in [0.1, 0.15) is 16.7 Å². The summed E-state index contributed by atoms with van der Waals surface area (Å²) in [6.45, 7) is 2.44. The molecule has 1 aliphatic heterocycles. The van der Waals surface area contributed by atoms with Crippen LogP contribution in [0.25, 0.3) is 0 Å². The second-order valence-electron chi connectivity index (χ2n) is 5.49. The van der Waals surface area contributed by atoms with Gasteiger partial charge in [-0.2, -0.15) is 0 Å². The Bertz CT molecular complexity index is 815. The minimum absolute atomic E-state index is 0.178. The molecule has 0 saturated carbocycles. The zero-order chi connectivity index (χ0) is 17.7. The van der Waals surface area contributed by atoms with E-state index in [9.17, 15) is 22.9 Å². The summed E-state index contributed by atoms with van der Waals surface area (Å²) in [7, 11) is -4.27. The van der Waals surface area contributed by atoms with E-state index >= 15 is 0 Å². The van der Waals surface area contributed by atoms with Gasteiger partial charge in [0.15, 0.2) is 0 Å². The van der Waals surface area contributed by atoms with Crippen LogP contribution in [-0.2, 0) is 27.9 Å². The number of fused-ring (bicyclic) bond motifs is 1. The number of hydrogen-bond donors (Lipinski definition) is 1. The molecule has 1 atom stereocenters. The molecule has 2 aromatic carbocycles. The smallest absolute Gasteiger partial charge is 0.124 e. The van der Waals surface area contributed by atoms with E-state index in [1.54, 1.807) is 12.1 Å². The van der Waals surface area contributed by atoms with Crippen LogP contribution in [0.15, 0.2) is 53.4 Å². The Labute approximate surface area is 140 Å². The van der Waals surface area contributed by atoms with Crippen molar-refractivity contribution in [1.82, 2.24) is 5.32 Å². The molecule has 2 aromatic rings. The summed E-state index contributed by atoms with van der Waals surface area (Å²) < 4.78 is 31.2. The number of aliphatic carboxylic acids is 1. The molecule has 1 aliphatic rings. The Morgan fingerprint density at radius 2 is 1.67 bits per heavy atom. The fourth-order valence-corrected chi connectivity index (χ4v) is 2.80. The fraction of sp³-hybridized carbons (Fsp3) is 0.235. The standard InChI is InChI=1S/C10H11NO2.C7H8O3S/c12-10(13)9-5-7-3-1-2-4-8(7)6-11-9;1-6-2-4-7(5-3-6)11(8,9)10/h1-4,9,11H,5-6H2,(H,12,13);2-5H,1H3,(H,8,9,10)/p-2. The van der Waals surface area contributed by atoms with Crippen molar-refractivity contribution in [3.8, 4) is 0 Å². The number of carboxylic acids is 1. The summed E-state index contributed by atoms with van der Waals surface area (Å²) >= 11 is 0. The van der Waals surface area contributed by atoms with Crippen LogP contribution in [0.4, 0.5) is 0 Å². The molecule has 0 amide bonds. The largest absolute Gasteiger partial charge is 0.744 e. The number of carbonyl (C=O) groups is 1. The highest BCUT2D eigenvalue weighted by molar-refractivity contribution is 7.85. The van der Waals surface area contributed by atoms with E-state index in [1.165, 1.54) is 17.7 Å². The highest BCUT2D eigenvalue weighted by Gasteiger charge is 2.17. The van der Waals surface area contributed by atoms with E-state index in [0.29, 0.717) is 13.0 Å². The predicted octanol–water partition coefficient (Wildman–Crippen LogP) is 0.350. The summed E-state index contributed by atoms with van der Waals surface area (Å²) in [5.74, 6) is -1.02. The third-order valence-electron chi connectivity index (χ3n) is 3.68. The van der Waals surface area contributed by atoms with Gasteiger partial charge in [0.05, 0.1) is 16.9 Å². The molecule has 3 rings (SSSR count). The molecule has 7 heteroatoms. The van der Waals surface area contributed by atoms with Gasteiger partial charge in [-0.15, -0.1) is 0 Å². The van der Waals surface area contributed by atoms with Crippen molar-refractivity contribution >= 4 is 16.1 Å². The molecule has 1 heterocycles. The maximum Gasteiger partial charge on any atom is 0.124 e. The maximum absolute atomic E-state index is 10.6. The Morgan fingerprint density at radius 3 is 2.21 bits per heavy atom. The number of rotatable bonds is 2. The number of benzene rings is 2. The maximum atomic E-state index is 10.6. The van der Waals surface area contributed by atoms with Crippen molar-refractivity contribution < 1.29 is 22.9 Å². The highest BCUT2D eigenvalue weighted by atomic mass is 32.2. The Hall–Kier alpha value is -2.22. The molecule has 0 fully saturated rings. The summed E-state index contributed by atoms with van der Waals surface area (Å²) in [4.78, 5) is 10.4. The van der Waals surface area contributed by atoms with Crippen molar-refractivity contribution in [2.75, 3.05) is 0 Å². The molecule has 128 valence electrons. The predicted molar refractivity (Wildman–Crippen MR) is 84.9 cm³/mol. The van der Waals surface area contributed by atoms with E-state index in [1.807, 2.05) is 31.2 Å². The Kier molecular flexibility index (Phi) is 5.71. The molecule has 0 bridgehead atoms. The van der Waals surface area contributed by atoms with Crippen LogP contribution in [0.2, 0.25) is 0 Å². The Balaban J connectivity index is 0.000000177. The molecular formula is C17H17NO5S-2. The monoisotopic (exact) mass is 347 g/mol. The fourth-order valence-electron chi connectivity index (χ4n) is 2.33. The third-order valence-corrected chi connectivity index (χ3v) is 4.53. The second-order valence-corrected chi connectivity index (χ2v) is 6.87. The summed E-state index contributed by atoms with van der Waals surface area (Å²) in [6, 6.07) is 13.1. The lowest BCUT2D eigenvalue weighted by molar-refractivity contribution is -0.308. The van der Waals surface area contributed by atoms with Gasteiger partial charge in [-0.25, -0.2) is 8.42 Å². The van der Waals surface area contributed by atoms with Gasteiger partial charge < -0.3 is 19.8 Å². The van der Waals surface area contributed by atoms with Gasteiger partial charge in [-0.05, 0) is 36.6 Å². The summed E-state index contributed by atoms with van der Waals surface area (Å²) in [5, 5.41) is 13.5. The quantitative estimate of drug-likeness (QED) is 0.785. The molecule has 6 nitrogen and oxygen atoms in total. The van der Waals surface area contributed by atoms with Gasteiger partial charge in [-0.1, -0.05) is 42.0 Å². The van der Waals surface area contributed by atoms with Crippen LogP contribution in [0.5, 0.6) is 0 Å². The number of carbonyl (C=O) groups excluding carboxylic acids is 1. The van der Waals surface area contributed by atoms with Crippen LogP contribution in [0.3, 0.4) is 0 Å². The van der Waals surface area contributed by atoms with Gasteiger partial charge in [-0.3, -0.25) is 0 Å². The first kappa shape index (κ1) is 18.1. The first-order valence-electron chi connectivity index (χ1n) is 7.31. The topological polar surface area (TPSA) is 109 Å². The third kappa shape index (κ3) is 4.89. The van der Waals surface area contributed by atoms with Crippen LogP contribution >= 0.6 is 0 Å². The van der Waals surface area contributed by atoms with Gasteiger partial charge in [0.25, 0.3) is 0 Å². The van der Waals surface area contributed by atoms with Crippen LogP contribution in [-0.4, -0.2) is 25.0 Å². The minimum atomic E-state index is -4.27. The average Bonchev–Trinajstić information content (AvgIpc) is 2.54. The van der Waals surface area contributed by atoms with E-state index < -0.39 is 22.1 Å². The van der Waals surface area contributed by atoms with Crippen molar-refractivity contribution in [2.45, 2.75) is 30.8 Å². The molecule has 1 unspecified atom stereocenters. The van der Waals surface area contributed by atoms with E-state index in [4.69, 9.17) is 0 Å². The molecule has 0 saturated heterocycles. The lowest BCUT2D eigenvalue weighted by Crippen LogP contribution is -2.48. The Morgan fingerprint density at radius 1 is 1.08 bits per heavy atom. The number of aryl methyl sites for hydroxylation is 1. The van der Waals surface area contributed by atoms with Crippen LogP contribution in [0, 0.1) is 6.92 Å². The van der Waals surface area contributed by atoms with Crippen molar-refractivity contribution in [2.24, 2.45) is 0 Å². The van der Waals surface area contributed by atoms with Gasteiger partial charge in [0.1, 0.15) is 10.1 Å². The number of carboxylic acid groups (broad SMARTS) is 1. The SMILES string of the molecule is Cc1ccc(S(=O)(=O)[O-])cc1.O=C([O-])C1Cc2ccccc2CN1.